The van der Waals surface area contributed by atoms with Crippen molar-refractivity contribution >= 4 is 11.5 Å². The summed E-state index contributed by atoms with van der Waals surface area (Å²) >= 11 is 0. The van der Waals surface area contributed by atoms with Crippen LogP contribution < -0.4 is 10.9 Å². The van der Waals surface area contributed by atoms with Crippen LogP contribution in [0.15, 0.2) is 23.0 Å². The smallest absolute Gasteiger partial charge is 0.271 e. The summed E-state index contributed by atoms with van der Waals surface area (Å²) in [4.78, 5) is 19.6. The number of nitrogens with one attached hydrogen (secondary N) is 2. The van der Waals surface area contributed by atoms with Crippen molar-refractivity contribution in [1.82, 2.24) is 9.97 Å². The number of hydrogen-bond acceptors (Lipinski definition) is 4. The number of rotatable bonds is 4. The van der Waals surface area contributed by atoms with Gasteiger partial charge < -0.3 is 10.3 Å². The molecule has 0 unspecified atom stereocenters. The quantitative estimate of drug-likeness (QED) is 0.898. The third-order valence-corrected chi connectivity index (χ3v) is 4.89. The zero-order valence-electron chi connectivity index (χ0n) is 14.1. The number of nitriles is 1. The summed E-state index contributed by atoms with van der Waals surface area (Å²) in [5.74, 6) is 1.59. The van der Waals surface area contributed by atoms with E-state index in [4.69, 9.17) is 0 Å². The highest BCUT2D eigenvalue weighted by Gasteiger charge is 2.19. The Hall–Kier alpha value is -2.61. The van der Waals surface area contributed by atoms with Crippen LogP contribution in [0.4, 0.5) is 11.5 Å². The molecule has 5 heteroatoms. The summed E-state index contributed by atoms with van der Waals surface area (Å²) < 4.78 is 0. The summed E-state index contributed by atoms with van der Waals surface area (Å²) in [6, 6.07) is 7.88. The predicted molar refractivity (Wildman–Crippen MR) is 94.4 cm³/mol. The molecule has 1 aromatic heterocycles. The van der Waals surface area contributed by atoms with Crippen LogP contribution in [0.5, 0.6) is 0 Å². The predicted octanol–water partition coefficient (Wildman–Crippen LogP) is 3.73. The molecule has 0 spiro atoms. The second-order valence-corrected chi connectivity index (χ2v) is 6.58. The molecule has 0 atom stereocenters. The average molecular weight is 322 g/mol. The van der Waals surface area contributed by atoms with E-state index in [-0.39, 0.29) is 11.1 Å². The number of aromatic nitrogens is 2. The monoisotopic (exact) mass is 322 g/mol. The van der Waals surface area contributed by atoms with Gasteiger partial charge in [0.2, 0.25) is 0 Å². The zero-order valence-corrected chi connectivity index (χ0v) is 14.1. The molecule has 1 fully saturated rings. The van der Waals surface area contributed by atoms with Crippen LogP contribution in [0.25, 0.3) is 0 Å². The molecule has 5 nitrogen and oxygen atoms in total. The first kappa shape index (κ1) is 16.3. The molecule has 1 aromatic carbocycles. The first-order chi connectivity index (χ1) is 11.6. The SMILES string of the molecule is Cc1cccc(Nc2nc(CC3CCCC3)[nH]c(=O)c2C#N)c1C. The van der Waals surface area contributed by atoms with Gasteiger partial charge in [-0.3, -0.25) is 4.79 Å². The van der Waals surface area contributed by atoms with Crippen molar-refractivity contribution in [3.8, 4) is 6.07 Å². The van der Waals surface area contributed by atoms with E-state index in [0.29, 0.717) is 17.6 Å². The van der Waals surface area contributed by atoms with E-state index in [1.54, 1.807) is 0 Å². The first-order valence-electron chi connectivity index (χ1n) is 8.45. The maximum atomic E-state index is 12.2. The van der Waals surface area contributed by atoms with Gasteiger partial charge in [-0.1, -0.05) is 37.8 Å². The maximum absolute atomic E-state index is 12.2. The van der Waals surface area contributed by atoms with Gasteiger partial charge in [0.25, 0.3) is 5.56 Å². The lowest BCUT2D eigenvalue weighted by molar-refractivity contribution is 0.529. The van der Waals surface area contributed by atoms with Crippen molar-refractivity contribution in [2.45, 2.75) is 46.0 Å². The largest absolute Gasteiger partial charge is 0.339 e. The second kappa shape index (κ2) is 6.88. The molecule has 1 saturated carbocycles. The van der Waals surface area contributed by atoms with Gasteiger partial charge in [-0.2, -0.15) is 5.26 Å². The normalized spacial score (nSPS) is 14.5. The highest BCUT2D eigenvalue weighted by Crippen LogP contribution is 2.28. The molecule has 1 aliphatic rings. The van der Waals surface area contributed by atoms with Gasteiger partial charge in [-0.15, -0.1) is 0 Å². The Morgan fingerprint density at radius 2 is 2.08 bits per heavy atom. The second-order valence-electron chi connectivity index (χ2n) is 6.58. The molecular formula is C19H22N4O. The Morgan fingerprint density at radius 1 is 1.33 bits per heavy atom. The van der Waals surface area contributed by atoms with Crippen molar-refractivity contribution in [3.05, 3.63) is 51.1 Å². The molecule has 0 bridgehead atoms. The molecule has 0 amide bonds. The number of benzene rings is 1. The van der Waals surface area contributed by atoms with Crippen LogP contribution in [-0.4, -0.2) is 9.97 Å². The third kappa shape index (κ3) is 3.33. The Labute approximate surface area is 141 Å². The van der Waals surface area contributed by atoms with Gasteiger partial charge in [-0.05, 0) is 37.0 Å². The number of aromatic amines is 1. The van der Waals surface area contributed by atoms with Crippen molar-refractivity contribution in [3.63, 3.8) is 0 Å². The molecule has 2 N–H and O–H groups in total. The van der Waals surface area contributed by atoms with Gasteiger partial charge >= 0.3 is 0 Å². The minimum atomic E-state index is -0.367. The minimum absolute atomic E-state index is 0.0334. The number of aryl methyl sites for hydroxylation is 1. The molecule has 3 rings (SSSR count). The van der Waals surface area contributed by atoms with E-state index in [1.165, 1.54) is 25.7 Å². The standard InChI is InChI=1S/C19H22N4O/c1-12-6-5-9-16(13(12)2)21-18-15(11-20)19(24)23-17(22-18)10-14-7-3-4-8-14/h5-6,9,14H,3-4,7-8,10H2,1-2H3,(H2,21,22,23,24). The van der Waals surface area contributed by atoms with Gasteiger partial charge in [0, 0.05) is 12.1 Å². The lowest BCUT2D eigenvalue weighted by atomic mass is 10.0. The summed E-state index contributed by atoms with van der Waals surface area (Å²) in [6.45, 7) is 4.04. The Kier molecular flexibility index (Phi) is 4.66. The van der Waals surface area contributed by atoms with Crippen LogP contribution in [-0.2, 0) is 6.42 Å². The van der Waals surface area contributed by atoms with E-state index in [1.807, 2.05) is 38.1 Å². The highest BCUT2D eigenvalue weighted by atomic mass is 16.1. The summed E-state index contributed by atoms with van der Waals surface area (Å²) in [7, 11) is 0. The van der Waals surface area contributed by atoms with E-state index in [2.05, 4.69) is 15.3 Å². The summed E-state index contributed by atoms with van der Waals surface area (Å²) in [5, 5.41) is 12.5. The molecular weight excluding hydrogens is 300 g/mol. The number of hydrogen-bond donors (Lipinski definition) is 2. The highest BCUT2D eigenvalue weighted by molar-refractivity contribution is 5.65. The fourth-order valence-electron chi connectivity index (χ4n) is 3.31. The minimum Gasteiger partial charge on any atom is -0.339 e. The van der Waals surface area contributed by atoms with Crippen LogP contribution in [0.3, 0.4) is 0 Å². The van der Waals surface area contributed by atoms with Crippen molar-refractivity contribution in [1.29, 1.82) is 5.26 Å². The van der Waals surface area contributed by atoms with Crippen LogP contribution in [0.2, 0.25) is 0 Å². The molecule has 124 valence electrons. The Balaban J connectivity index is 1.95. The van der Waals surface area contributed by atoms with Gasteiger partial charge in [0.15, 0.2) is 11.4 Å². The third-order valence-electron chi connectivity index (χ3n) is 4.89. The lowest BCUT2D eigenvalue weighted by Gasteiger charge is -2.14. The summed E-state index contributed by atoms with van der Waals surface area (Å²) in [5.41, 5.74) is 2.77. The van der Waals surface area contributed by atoms with Gasteiger partial charge in [0.05, 0.1) is 0 Å². The van der Waals surface area contributed by atoms with E-state index in [9.17, 15) is 10.1 Å². The van der Waals surface area contributed by atoms with E-state index < -0.39 is 0 Å². The van der Waals surface area contributed by atoms with E-state index in [0.717, 1.165) is 23.2 Å². The molecule has 1 aliphatic carbocycles. The molecule has 24 heavy (non-hydrogen) atoms. The number of anilines is 2. The van der Waals surface area contributed by atoms with Gasteiger partial charge in [0.1, 0.15) is 11.9 Å². The number of H-pyrrole nitrogens is 1. The Morgan fingerprint density at radius 3 is 2.79 bits per heavy atom. The summed E-state index contributed by atoms with van der Waals surface area (Å²) in [6.07, 6.45) is 5.63. The van der Waals surface area contributed by atoms with Crippen molar-refractivity contribution in [2.24, 2.45) is 5.92 Å². The van der Waals surface area contributed by atoms with Crippen LogP contribution >= 0.6 is 0 Å². The molecule has 1 heterocycles. The molecule has 0 saturated heterocycles. The van der Waals surface area contributed by atoms with Crippen molar-refractivity contribution < 1.29 is 0 Å². The molecule has 0 radical (unpaired) electrons. The average Bonchev–Trinajstić information content (AvgIpc) is 3.05. The van der Waals surface area contributed by atoms with Crippen LogP contribution in [0.1, 0.15) is 48.2 Å². The molecule has 0 aliphatic heterocycles. The lowest BCUT2D eigenvalue weighted by Crippen LogP contribution is -2.19. The van der Waals surface area contributed by atoms with Crippen LogP contribution in [0, 0.1) is 31.1 Å². The van der Waals surface area contributed by atoms with Crippen molar-refractivity contribution in [2.75, 3.05) is 5.32 Å². The van der Waals surface area contributed by atoms with Gasteiger partial charge in [-0.25, -0.2) is 4.98 Å². The fraction of sp³-hybridized carbons (Fsp3) is 0.421. The van der Waals surface area contributed by atoms with E-state index >= 15 is 0 Å². The first-order valence-corrected chi connectivity index (χ1v) is 8.45. The maximum Gasteiger partial charge on any atom is 0.271 e. The topological polar surface area (TPSA) is 81.6 Å². The number of nitrogens with zero attached hydrogens (tertiary/aromatic N) is 2. The Bertz CT molecular complexity index is 841. The fourth-order valence-corrected chi connectivity index (χ4v) is 3.31. The molecule has 2 aromatic rings. The zero-order chi connectivity index (χ0) is 17.1.